The lowest BCUT2D eigenvalue weighted by molar-refractivity contribution is -0.119. The Morgan fingerprint density at radius 1 is 0.941 bits per heavy atom. The zero-order chi connectivity index (χ0) is 24.7. The van der Waals surface area contributed by atoms with Crippen molar-refractivity contribution in [2.24, 2.45) is 0 Å². The number of amides is 1. The molecular weight excluding hydrogens is 488 g/mol. The third-order valence-corrected chi connectivity index (χ3v) is 8.17. The van der Waals surface area contributed by atoms with E-state index in [1.54, 1.807) is 48.2 Å². The number of hydrogen-bond donors (Lipinski definition) is 1. The van der Waals surface area contributed by atoms with Crippen molar-refractivity contribution in [2.75, 3.05) is 23.1 Å². The second-order valence-corrected chi connectivity index (χ2v) is 11.6. The lowest BCUT2D eigenvalue weighted by Gasteiger charge is -2.25. The minimum Gasteiger partial charge on any atom is -0.354 e. The number of nitrogens with zero attached hydrogens (tertiary/aromatic N) is 1. The second kappa shape index (κ2) is 11.8. The van der Waals surface area contributed by atoms with Crippen LogP contribution in [0.4, 0.5) is 5.69 Å². The Balaban J connectivity index is 1.68. The number of halogens is 1. The Morgan fingerprint density at radius 2 is 1.62 bits per heavy atom. The third kappa shape index (κ3) is 7.26. The van der Waals surface area contributed by atoms with Crippen LogP contribution in [-0.2, 0) is 20.6 Å². The van der Waals surface area contributed by atoms with Crippen LogP contribution in [0.3, 0.4) is 0 Å². The first-order valence-corrected chi connectivity index (χ1v) is 13.9. The minimum absolute atomic E-state index is 0.155. The lowest BCUT2D eigenvalue weighted by Crippen LogP contribution is -2.41. The quantitative estimate of drug-likeness (QED) is 0.361. The second-order valence-electron chi connectivity index (χ2n) is 8.20. The number of anilines is 1. The summed E-state index contributed by atoms with van der Waals surface area (Å²) in [7, 11) is -3.92. The number of hydrogen-bond acceptors (Lipinski definition) is 4. The predicted molar refractivity (Wildman–Crippen MR) is 142 cm³/mol. The van der Waals surface area contributed by atoms with Crippen molar-refractivity contribution in [1.29, 1.82) is 0 Å². The Bertz CT molecular complexity index is 1220. The fourth-order valence-electron chi connectivity index (χ4n) is 3.51. The molecule has 0 unspecified atom stereocenters. The first-order valence-electron chi connectivity index (χ1n) is 10.9. The molecule has 0 aliphatic rings. The predicted octanol–water partition coefficient (Wildman–Crippen LogP) is 5.51. The van der Waals surface area contributed by atoms with Gasteiger partial charge in [0.05, 0.1) is 10.6 Å². The Hall–Kier alpha value is -2.48. The Kier molecular flexibility index (Phi) is 9.05. The summed E-state index contributed by atoms with van der Waals surface area (Å²) in [5, 5.41) is 3.55. The molecule has 0 atom stereocenters. The van der Waals surface area contributed by atoms with Gasteiger partial charge >= 0.3 is 0 Å². The molecule has 0 aliphatic carbocycles. The zero-order valence-corrected chi connectivity index (χ0v) is 21.9. The van der Waals surface area contributed by atoms with Crippen LogP contribution in [0.15, 0.2) is 71.6 Å². The molecule has 3 aromatic carbocycles. The molecule has 0 saturated heterocycles. The first kappa shape index (κ1) is 26.1. The summed E-state index contributed by atoms with van der Waals surface area (Å²) in [5.41, 5.74) is 4.41. The molecule has 34 heavy (non-hydrogen) atoms. The highest BCUT2D eigenvalue weighted by atomic mass is 35.5. The molecule has 3 aromatic rings. The van der Waals surface area contributed by atoms with Gasteiger partial charge in [-0.2, -0.15) is 11.8 Å². The molecule has 3 rings (SSSR count). The highest BCUT2D eigenvalue weighted by Crippen LogP contribution is 2.26. The molecule has 8 heteroatoms. The van der Waals surface area contributed by atoms with E-state index < -0.39 is 10.0 Å². The monoisotopic (exact) mass is 516 g/mol. The summed E-state index contributed by atoms with van der Waals surface area (Å²) in [6.07, 6.45) is 0. The molecule has 0 radical (unpaired) electrons. The highest BCUT2D eigenvalue weighted by Gasteiger charge is 2.27. The van der Waals surface area contributed by atoms with Crippen molar-refractivity contribution in [3.8, 4) is 0 Å². The van der Waals surface area contributed by atoms with Crippen LogP contribution in [0.25, 0.3) is 0 Å². The molecule has 0 heterocycles. The summed E-state index contributed by atoms with van der Waals surface area (Å²) < 4.78 is 28.2. The van der Waals surface area contributed by atoms with E-state index in [0.29, 0.717) is 23.0 Å². The van der Waals surface area contributed by atoms with Gasteiger partial charge in [-0.3, -0.25) is 9.10 Å². The molecule has 1 amide bonds. The smallest absolute Gasteiger partial charge is 0.264 e. The number of benzene rings is 3. The topological polar surface area (TPSA) is 66.5 Å². The van der Waals surface area contributed by atoms with E-state index in [1.807, 2.05) is 51.1 Å². The first-order chi connectivity index (χ1) is 16.1. The summed E-state index contributed by atoms with van der Waals surface area (Å²) in [5.74, 6) is 1.14. The van der Waals surface area contributed by atoms with Gasteiger partial charge in [0.25, 0.3) is 10.0 Å². The van der Waals surface area contributed by atoms with Crippen LogP contribution >= 0.6 is 23.4 Å². The van der Waals surface area contributed by atoms with Gasteiger partial charge in [-0.1, -0.05) is 47.5 Å². The third-order valence-electron chi connectivity index (χ3n) is 5.12. The molecule has 0 spiro atoms. The van der Waals surface area contributed by atoms with Crippen LogP contribution in [0.1, 0.15) is 22.3 Å². The molecule has 0 fully saturated rings. The van der Waals surface area contributed by atoms with E-state index >= 15 is 0 Å². The molecule has 0 bridgehead atoms. The van der Waals surface area contributed by atoms with Gasteiger partial charge < -0.3 is 5.32 Å². The molecule has 5 nitrogen and oxygen atoms in total. The van der Waals surface area contributed by atoms with Gasteiger partial charge in [0.2, 0.25) is 5.91 Å². The average Bonchev–Trinajstić information content (AvgIpc) is 2.77. The highest BCUT2D eigenvalue weighted by molar-refractivity contribution is 7.98. The van der Waals surface area contributed by atoms with Gasteiger partial charge in [-0.25, -0.2) is 8.42 Å². The van der Waals surface area contributed by atoms with Crippen LogP contribution in [0, 0.1) is 20.8 Å². The number of nitrogens with one attached hydrogen (secondary N) is 1. The molecule has 0 aromatic heterocycles. The maximum atomic E-state index is 13.5. The zero-order valence-electron chi connectivity index (χ0n) is 19.5. The fraction of sp³-hybridized carbons (Fsp3) is 0.269. The van der Waals surface area contributed by atoms with Crippen LogP contribution in [0.5, 0.6) is 0 Å². The van der Waals surface area contributed by atoms with Gasteiger partial charge in [0, 0.05) is 23.1 Å². The number of aryl methyl sites for hydroxylation is 3. The van der Waals surface area contributed by atoms with E-state index in [0.717, 1.165) is 28.0 Å². The SMILES string of the molecule is Cc1ccc(S(=O)(=O)N(CC(=O)NCCSCc2cccc(Cl)c2)c2cc(C)cc(C)c2)cc1. The van der Waals surface area contributed by atoms with E-state index in [2.05, 4.69) is 5.32 Å². The molecular formula is C26H29ClN2O3S2. The van der Waals surface area contributed by atoms with E-state index in [4.69, 9.17) is 11.6 Å². The fourth-order valence-corrected chi connectivity index (χ4v) is 5.94. The Morgan fingerprint density at radius 3 is 2.26 bits per heavy atom. The average molecular weight is 517 g/mol. The number of sulfonamides is 1. The minimum atomic E-state index is -3.92. The van der Waals surface area contributed by atoms with Crippen molar-refractivity contribution in [3.05, 3.63) is 94.0 Å². The number of thioether (sulfide) groups is 1. The molecule has 180 valence electrons. The van der Waals surface area contributed by atoms with Gasteiger partial charge in [-0.05, 0) is 73.9 Å². The van der Waals surface area contributed by atoms with E-state index in [9.17, 15) is 13.2 Å². The maximum Gasteiger partial charge on any atom is 0.264 e. The summed E-state index contributed by atoms with van der Waals surface area (Å²) in [6.45, 7) is 5.86. The van der Waals surface area contributed by atoms with Crippen molar-refractivity contribution in [3.63, 3.8) is 0 Å². The molecule has 0 saturated carbocycles. The molecule has 1 N–H and O–H groups in total. The molecule has 0 aliphatic heterocycles. The summed E-state index contributed by atoms with van der Waals surface area (Å²) in [4.78, 5) is 12.9. The summed E-state index contributed by atoms with van der Waals surface area (Å²) >= 11 is 7.69. The standard InChI is InChI=1S/C26H29ClN2O3S2/c1-19-7-9-25(10-8-19)34(31,32)29(24-14-20(2)13-21(3)15-24)17-26(30)28-11-12-33-18-22-5-4-6-23(27)16-22/h4-10,13-16H,11-12,17-18H2,1-3H3,(H,28,30). The van der Waals surface area contributed by atoms with Crippen LogP contribution in [-0.4, -0.2) is 33.2 Å². The normalized spacial score (nSPS) is 11.3. The number of rotatable bonds is 10. The van der Waals surface area contributed by atoms with E-state index in [1.165, 1.54) is 4.31 Å². The van der Waals surface area contributed by atoms with Crippen LogP contribution in [0.2, 0.25) is 5.02 Å². The Labute approximate surface area is 211 Å². The summed E-state index contributed by atoms with van der Waals surface area (Å²) in [6, 6.07) is 19.9. The maximum absolute atomic E-state index is 13.5. The number of carbonyl (C=O) groups is 1. The van der Waals surface area contributed by atoms with E-state index in [-0.39, 0.29) is 17.3 Å². The van der Waals surface area contributed by atoms with Crippen molar-refractivity contribution in [1.82, 2.24) is 5.32 Å². The van der Waals surface area contributed by atoms with Crippen molar-refractivity contribution < 1.29 is 13.2 Å². The van der Waals surface area contributed by atoms with Gasteiger partial charge in [-0.15, -0.1) is 0 Å². The van der Waals surface area contributed by atoms with Crippen LogP contribution < -0.4 is 9.62 Å². The van der Waals surface area contributed by atoms with Gasteiger partial charge in [0.1, 0.15) is 6.54 Å². The van der Waals surface area contributed by atoms with Crippen molar-refractivity contribution >= 4 is 45.0 Å². The lowest BCUT2D eigenvalue weighted by atomic mass is 10.1. The van der Waals surface area contributed by atoms with Gasteiger partial charge in [0.15, 0.2) is 0 Å². The largest absolute Gasteiger partial charge is 0.354 e. The number of carbonyl (C=O) groups excluding carboxylic acids is 1. The van der Waals surface area contributed by atoms with Crippen molar-refractivity contribution in [2.45, 2.75) is 31.4 Å².